The molecule has 1 heterocycles. The van der Waals surface area contributed by atoms with Crippen LogP contribution < -0.4 is 4.74 Å². The molecule has 0 aliphatic rings. The Hall–Kier alpha value is -3.42. The summed E-state index contributed by atoms with van der Waals surface area (Å²) in [6.45, 7) is -1.05. The van der Waals surface area contributed by atoms with Gasteiger partial charge in [0.2, 0.25) is 11.6 Å². The lowest BCUT2D eigenvalue weighted by Gasteiger charge is -2.07. The maximum Gasteiger partial charge on any atom is 0.408 e. The Balaban J connectivity index is 1.69. The van der Waals surface area contributed by atoms with Crippen molar-refractivity contribution < 1.29 is 27.5 Å². The largest absolute Gasteiger partial charge is 0.489 e. The van der Waals surface area contributed by atoms with Gasteiger partial charge < -0.3 is 4.74 Å². The van der Waals surface area contributed by atoms with E-state index in [1.54, 1.807) is 12.1 Å². The lowest BCUT2D eigenvalue weighted by Crippen LogP contribution is -2.18. The van der Waals surface area contributed by atoms with Crippen molar-refractivity contribution in [2.75, 3.05) is 0 Å². The van der Waals surface area contributed by atoms with E-state index >= 15 is 0 Å². The number of ether oxygens (including phenoxy) is 1. The van der Waals surface area contributed by atoms with Gasteiger partial charge in [-0.05, 0) is 17.7 Å². The molecule has 3 rings (SSSR count). The van der Waals surface area contributed by atoms with Gasteiger partial charge in [-0.1, -0.05) is 42.5 Å². The Morgan fingerprint density at radius 3 is 2.39 bits per heavy atom. The normalized spacial score (nSPS) is 11.2. The molecule has 0 atom stereocenters. The molecule has 0 unspecified atom stereocenters. The van der Waals surface area contributed by atoms with Crippen molar-refractivity contribution in [3.05, 3.63) is 83.7 Å². The zero-order valence-corrected chi connectivity index (χ0v) is 14.5. The summed E-state index contributed by atoms with van der Waals surface area (Å²) in [5.41, 5.74) is 0.816. The molecule has 0 bridgehead atoms. The topological polar surface area (TPSA) is 61.2 Å². The highest BCUT2D eigenvalue weighted by Gasteiger charge is 2.29. The third-order valence-electron chi connectivity index (χ3n) is 3.79. The number of hydrogen-bond acceptors (Lipinski definition) is 4. The van der Waals surface area contributed by atoms with Crippen LogP contribution in [0, 0.1) is 0 Å². The van der Waals surface area contributed by atoms with Crippen LogP contribution in [0.3, 0.4) is 0 Å². The van der Waals surface area contributed by atoms with Gasteiger partial charge in [-0.15, -0.1) is 0 Å². The van der Waals surface area contributed by atoms with Gasteiger partial charge >= 0.3 is 6.18 Å². The summed E-state index contributed by atoms with van der Waals surface area (Å²) < 4.78 is 43.4. The van der Waals surface area contributed by atoms with Crippen molar-refractivity contribution in [3.63, 3.8) is 0 Å². The number of nitrogens with zero attached hydrogens (tertiary/aromatic N) is 2. The average Bonchev–Trinajstić information content (AvgIpc) is 3.13. The lowest BCUT2D eigenvalue weighted by molar-refractivity contribution is -0.142. The third kappa shape index (κ3) is 5.06. The van der Waals surface area contributed by atoms with E-state index in [1.165, 1.54) is 12.1 Å². The van der Waals surface area contributed by atoms with E-state index in [-0.39, 0.29) is 17.7 Å². The van der Waals surface area contributed by atoms with Crippen LogP contribution in [-0.2, 0) is 13.2 Å². The van der Waals surface area contributed by atoms with Crippen molar-refractivity contribution in [3.8, 4) is 5.75 Å². The second-order valence-corrected chi connectivity index (χ2v) is 6.00. The summed E-state index contributed by atoms with van der Waals surface area (Å²) in [4.78, 5) is 24.7. The smallest absolute Gasteiger partial charge is 0.408 e. The molecule has 0 amide bonds. The van der Waals surface area contributed by atoms with Gasteiger partial charge in [0.15, 0.2) is 0 Å². The van der Waals surface area contributed by atoms with E-state index in [0.717, 1.165) is 18.0 Å². The second-order valence-electron chi connectivity index (χ2n) is 6.00. The van der Waals surface area contributed by atoms with E-state index in [0.29, 0.717) is 10.4 Å². The number of ketones is 2. The summed E-state index contributed by atoms with van der Waals surface area (Å²) in [5, 5.41) is 3.48. The quantitative estimate of drug-likeness (QED) is 0.452. The maximum atomic E-state index is 12.4. The molecule has 0 radical (unpaired) electrons. The third-order valence-corrected chi connectivity index (χ3v) is 3.79. The van der Waals surface area contributed by atoms with Crippen molar-refractivity contribution in [2.24, 2.45) is 0 Å². The Labute approximate surface area is 158 Å². The molecule has 0 N–H and O–H groups in total. The highest BCUT2D eigenvalue weighted by atomic mass is 19.4. The van der Waals surface area contributed by atoms with E-state index in [4.69, 9.17) is 4.74 Å². The molecule has 2 aromatic carbocycles. The number of carbonyl (C=O) groups excluding carboxylic acids is 2. The molecule has 0 saturated carbocycles. The molecule has 144 valence electrons. The molecule has 0 spiro atoms. The molecule has 0 aliphatic carbocycles. The molecule has 5 nitrogen and oxygen atoms in total. The van der Waals surface area contributed by atoms with Crippen LogP contribution in [0.15, 0.2) is 67.0 Å². The summed E-state index contributed by atoms with van der Waals surface area (Å²) in [5.74, 6) is -1.39. The van der Waals surface area contributed by atoms with Crippen LogP contribution >= 0.6 is 0 Å². The van der Waals surface area contributed by atoms with Crippen molar-refractivity contribution in [2.45, 2.75) is 19.3 Å². The van der Waals surface area contributed by atoms with Gasteiger partial charge in [0, 0.05) is 11.8 Å². The van der Waals surface area contributed by atoms with Crippen molar-refractivity contribution >= 4 is 11.6 Å². The minimum Gasteiger partial charge on any atom is -0.489 e. The molecule has 0 saturated heterocycles. The van der Waals surface area contributed by atoms with Gasteiger partial charge in [0.1, 0.15) is 18.9 Å². The highest BCUT2D eigenvalue weighted by molar-refractivity contribution is 6.49. The minimum atomic E-state index is -4.47. The SMILES string of the molecule is O=C(C(=O)c1cnn(CC(F)(F)F)c1)c1cccc(OCc2ccccc2)c1. The number of benzene rings is 2. The first kappa shape index (κ1) is 19.3. The van der Waals surface area contributed by atoms with E-state index in [2.05, 4.69) is 5.10 Å². The number of alkyl halides is 3. The van der Waals surface area contributed by atoms with Gasteiger partial charge in [0.25, 0.3) is 0 Å². The van der Waals surface area contributed by atoms with Crippen LogP contribution in [0.25, 0.3) is 0 Å². The first-order valence-electron chi connectivity index (χ1n) is 8.27. The first-order chi connectivity index (χ1) is 13.3. The summed E-state index contributed by atoms with van der Waals surface area (Å²) in [6, 6.07) is 15.5. The number of Topliss-reactive ketones (excluding diaryl/α,β-unsaturated/α-hetero) is 2. The van der Waals surface area contributed by atoms with Gasteiger partial charge in [-0.3, -0.25) is 14.3 Å². The Bertz CT molecular complexity index is 982. The molecule has 8 heteroatoms. The number of hydrogen-bond donors (Lipinski definition) is 0. The summed E-state index contributed by atoms with van der Waals surface area (Å²) >= 11 is 0. The van der Waals surface area contributed by atoms with Crippen molar-refractivity contribution in [1.29, 1.82) is 0 Å². The second kappa shape index (κ2) is 8.08. The van der Waals surface area contributed by atoms with E-state index in [9.17, 15) is 22.8 Å². The van der Waals surface area contributed by atoms with Gasteiger partial charge in [-0.2, -0.15) is 18.3 Å². The Kier molecular flexibility index (Phi) is 5.58. The highest BCUT2D eigenvalue weighted by Crippen LogP contribution is 2.19. The Morgan fingerprint density at radius 2 is 1.68 bits per heavy atom. The fourth-order valence-corrected chi connectivity index (χ4v) is 2.48. The fourth-order valence-electron chi connectivity index (χ4n) is 2.48. The van der Waals surface area contributed by atoms with Crippen LogP contribution in [-0.4, -0.2) is 27.5 Å². The summed E-state index contributed by atoms with van der Waals surface area (Å²) in [6.07, 6.45) is -2.62. The first-order valence-corrected chi connectivity index (χ1v) is 8.27. The number of halogens is 3. The molecule has 0 aliphatic heterocycles. The summed E-state index contributed by atoms with van der Waals surface area (Å²) in [7, 11) is 0. The van der Waals surface area contributed by atoms with Gasteiger partial charge in [-0.25, -0.2) is 0 Å². The number of carbonyl (C=O) groups is 2. The standard InChI is InChI=1S/C20H15F3N2O3/c21-20(22,23)13-25-11-16(10-24-25)19(27)18(26)15-7-4-8-17(9-15)28-12-14-5-2-1-3-6-14/h1-11H,12-13H2. The van der Waals surface area contributed by atoms with E-state index < -0.39 is 24.3 Å². The number of rotatable bonds is 7. The van der Waals surface area contributed by atoms with Gasteiger partial charge in [0.05, 0.1) is 11.8 Å². The number of aromatic nitrogens is 2. The monoisotopic (exact) mass is 388 g/mol. The van der Waals surface area contributed by atoms with Crippen molar-refractivity contribution in [1.82, 2.24) is 9.78 Å². The van der Waals surface area contributed by atoms with Crippen LogP contribution in [0.5, 0.6) is 5.75 Å². The zero-order chi connectivity index (χ0) is 20.1. The molecule has 28 heavy (non-hydrogen) atoms. The van der Waals surface area contributed by atoms with Crippen LogP contribution in [0.1, 0.15) is 26.3 Å². The average molecular weight is 388 g/mol. The molecule has 3 aromatic rings. The van der Waals surface area contributed by atoms with Crippen LogP contribution in [0.2, 0.25) is 0 Å². The Morgan fingerprint density at radius 1 is 0.964 bits per heavy atom. The predicted octanol–water partition coefficient (Wildman–Crippen LogP) is 4.09. The zero-order valence-electron chi connectivity index (χ0n) is 14.5. The van der Waals surface area contributed by atoms with Crippen LogP contribution in [0.4, 0.5) is 13.2 Å². The predicted molar refractivity (Wildman–Crippen MR) is 94.2 cm³/mol. The lowest BCUT2D eigenvalue weighted by atomic mass is 10.0. The van der Waals surface area contributed by atoms with E-state index in [1.807, 2.05) is 30.3 Å². The molecule has 0 fully saturated rings. The maximum absolute atomic E-state index is 12.4. The fraction of sp³-hybridized carbons (Fsp3) is 0.150. The minimum absolute atomic E-state index is 0.0825. The molecular formula is C20H15F3N2O3. The molecular weight excluding hydrogens is 373 g/mol. The molecule has 1 aromatic heterocycles.